The van der Waals surface area contributed by atoms with Crippen molar-refractivity contribution in [3.63, 3.8) is 0 Å². The average Bonchev–Trinajstić information content (AvgIpc) is 3.12. The van der Waals surface area contributed by atoms with E-state index in [4.69, 9.17) is 4.74 Å². The Labute approximate surface area is 146 Å². The van der Waals surface area contributed by atoms with Crippen LogP contribution in [-0.4, -0.2) is 33.6 Å². The van der Waals surface area contributed by atoms with Gasteiger partial charge in [0.1, 0.15) is 11.4 Å². The van der Waals surface area contributed by atoms with Crippen molar-refractivity contribution in [3.8, 4) is 17.3 Å². The maximum Gasteiger partial charge on any atom is 0.251 e. The summed E-state index contributed by atoms with van der Waals surface area (Å²) in [5, 5.41) is 2.92. The minimum Gasteiger partial charge on any atom is -0.494 e. The van der Waals surface area contributed by atoms with Gasteiger partial charge in [-0.05, 0) is 43.3 Å². The van der Waals surface area contributed by atoms with Crippen molar-refractivity contribution in [1.82, 2.24) is 19.9 Å². The second kappa shape index (κ2) is 8.10. The molecule has 1 aromatic carbocycles. The van der Waals surface area contributed by atoms with E-state index in [0.717, 1.165) is 17.3 Å². The summed E-state index contributed by atoms with van der Waals surface area (Å²) in [4.78, 5) is 20.9. The van der Waals surface area contributed by atoms with Crippen LogP contribution in [0.15, 0.2) is 61.1 Å². The summed E-state index contributed by atoms with van der Waals surface area (Å²) in [5.74, 6) is 1.44. The van der Waals surface area contributed by atoms with E-state index in [2.05, 4.69) is 15.3 Å². The number of hydrogen-bond acceptors (Lipinski definition) is 4. The van der Waals surface area contributed by atoms with Gasteiger partial charge in [-0.2, -0.15) is 0 Å². The molecule has 2 aromatic heterocycles. The smallest absolute Gasteiger partial charge is 0.251 e. The van der Waals surface area contributed by atoms with E-state index in [1.165, 1.54) is 0 Å². The molecular formula is C19H20N4O2. The topological polar surface area (TPSA) is 69.0 Å². The fourth-order valence-electron chi connectivity index (χ4n) is 2.48. The van der Waals surface area contributed by atoms with E-state index in [-0.39, 0.29) is 5.91 Å². The molecule has 0 spiro atoms. The molecule has 128 valence electrons. The number of hydrogen-bond donors (Lipinski definition) is 1. The fourth-order valence-corrected chi connectivity index (χ4v) is 2.48. The molecule has 0 unspecified atom stereocenters. The molecular weight excluding hydrogens is 316 g/mol. The summed E-state index contributed by atoms with van der Waals surface area (Å²) < 4.78 is 7.35. The molecule has 25 heavy (non-hydrogen) atoms. The van der Waals surface area contributed by atoms with Crippen molar-refractivity contribution < 1.29 is 9.53 Å². The van der Waals surface area contributed by atoms with Gasteiger partial charge in [-0.15, -0.1) is 0 Å². The van der Waals surface area contributed by atoms with Crippen LogP contribution in [0, 0.1) is 0 Å². The Kier molecular flexibility index (Phi) is 5.41. The molecule has 2 heterocycles. The number of amides is 1. The Morgan fingerprint density at radius 1 is 1.12 bits per heavy atom. The Morgan fingerprint density at radius 2 is 1.96 bits per heavy atom. The number of nitrogens with one attached hydrogen (secondary N) is 1. The van der Waals surface area contributed by atoms with Gasteiger partial charge in [0, 0.05) is 37.2 Å². The highest BCUT2D eigenvalue weighted by molar-refractivity contribution is 5.94. The first kappa shape index (κ1) is 16.7. The molecule has 3 rings (SSSR count). The van der Waals surface area contributed by atoms with Crippen molar-refractivity contribution in [2.24, 2.45) is 0 Å². The summed E-state index contributed by atoms with van der Waals surface area (Å²) in [5.41, 5.74) is 1.42. The number of carbonyl (C=O) groups is 1. The Morgan fingerprint density at radius 3 is 2.68 bits per heavy atom. The SMILES string of the molecule is CCOc1ccc(C(=O)NCCn2ccnc2-c2ccccn2)cc1. The van der Waals surface area contributed by atoms with E-state index in [1.54, 1.807) is 36.7 Å². The first-order valence-electron chi connectivity index (χ1n) is 8.21. The molecule has 0 atom stereocenters. The van der Waals surface area contributed by atoms with E-state index < -0.39 is 0 Å². The second-order valence-corrected chi connectivity index (χ2v) is 5.37. The monoisotopic (exact) mass is 336 g/mol. The molecule has 1 amide bonds. The zero-order valence-corrected chi connectivity index (χ0v) is 14.1. The molecule has 6 nitrogen and oxygen atoms in total. The van der Waals surface area contributed by atoms with E-state index in [9.17, 15) is 4.79 Å². The van der Waals surface area contributed by atoms with Crippen LogP contribution in [0.5, 0.6) is 5.75 Å². The van der Waals surface area contributed by atoms with Crippen molar-refractivity contribution >= 4 is 5.91 Å². The lowest BCUT2D eigenvalue weighted by molar-refractivity contribution is 0.0952. The number of aromatic nitrogens is 3. The lowest BCUT2D eigenvalue weighted by atomic mass is 10.2. The predicted octanol–water partition coefficient (Wildman–Crippen LogP) is 2.77. The van der Waals surface area contributed by atoms with Gasteiger partial charge < -0.3 is 14.6 Å². The summed E-state index contributed by atoms with van der Waals surface area (Å²) in [7, 11) is 0. The van der Waals surface area contributed by atoms with Crippen LogP contribution in [0.2, 0.25) is 0 Å². The number of nitrogens with zero attached hydrogens (tertiary/aromatic N) is 3. The van der Waals surface area contributed by atoms with Gasteiger partial charge in [-0.3, -0.25) is 9.78 Å². The number of pyridine rings is 1. The largest absolute Gasteiger partial charge is 0.494 e. The highest BCUT2D eigenvalue weighted by Crippen LogP contribution is 2.14. The normalized spacial score (nSPS) is 10.4. The molecule has 0 aliphatic rings. The summed E-state index contributed by atoms with van der Waals surface area (Å²) in [6.07, 6.45) is 5.35. The maximum absolute atomic E-state index is 12.2. The Balaban J connectivity index is 1.56. The average molecular weight is 336 g/mol. The van der Waals surface area contributed by atoms with Crippen molar-refractivity contribution in [1.29, 1.82) is 0 Å². The van der Waals surface area contributed by atoms with Crippen molar-refractivity contribution in [2.45, 2.75) is 13.5 Å². The van der Waals surface area contributed by atoms with Crippen LogP contribution in [0.1, 0.15) is 17.3 Å². The van der Waals surface area contributed by atoms with E-state index in [0.29, 0.717) is 25.3 Å². The van der Waals surface area contributed by atoms with Crippen LogP contribution in [0.3, 0.4) is 0 Å². The quantitative estimate of drug-likeness (QED) is 0.720. The lowest BCUT2D eigenvalue weighted by Crippen LogP contribution is -2.27. The molecule has 0 saturated heterocycles. The zero-order valence-electron chi connectivity index (χ0n) is 14.1. The minimum absolute atomic E-state index is 0.109. The second-order valence-electron chi connectivity index (χ2n) is 5.37. The Hall–Kier alpha value is -3.15. The molecule has 3 aromatic rings. The van der Waals surface area contributed by atoms with Gasteiger partial charge in [0.05, 0.1) is 6.61 Å². The van der Waals surface area contributed by atoms with E-state index >= 15 is 0 Å². The van der Waals surface area contributed by atoms with Crippen LogP contribution in [0.25, 0.3) is 11.5 Å². The first-order chi connectivity index (χ1) is 12.3. The van der Waals surface area contributed by atoms with Gasteiger partial charge in [0.25, 0.3) is 5.91 Å². The first-order valence-corrected chi connectivity index (χ1v) is 8.21. The van der Waals surface area contributed by atoms with Crippen LogP contribution >= 0.6 is 0 Å². The maximum atomic E-state index is 12.2. The molecule has 1 N–H and O–H groups in total. The van der Waals surface area contributed by atoms with Gasteiger partial charge in [-0.1, -0.05) is 6.07 Å². The number of rotatable bonds is 7. The highest BCUT2D eigenvalue weighted by atomic mass is 16.5. The number of benzene rings is 1. The van der Waals surface area contributed by atoms with Gasteiger partial charge in [0.15, 0.2) is 5.82 Å². The third kappa shape index (κ3) is 4.23. The fraction of sp³-hybridized carbons (Fsp3) is 0.211. The Bertz CT molecular complexity index is 813. The zero-order chi connectivity index (χ0) is 17.5. The van der Waals surface area contributed by atoms with Crippen molar-refractivity contribution in [3.05, 3.63) is 66.6 Å². The van der Waals surface area contributed by atoms with Crippen molar-refractivity contribution in [2.75, 3.05) is 13.2 Å². The molecule has 6 heteroatoms. The third-order valence-electron chi connectivity index (χ3n) is 3.68. The lowest BCUT2D eigenvalue weighted by Gasteiger charge is -2.09. The highest BCUT2D eigenvalue weighted by Gasteiger charge is 2.08. The number of ether oxygens (including phenoxy) is 1. The molecule has 0 saturated carbocycles. The third-order valence-corrected chi connectivity index (χ3v) is 3.68. The molecule has 0 aliphatic heterocycles. The van der Waals surface area contributed by atoms with Gasteiger partial charge in [-0.25, -0.2) is 4.98 Å². The standard InChI is InChI=1S/C19H20N4O2/c1-2-25-16-8-6-15(7-9-16)19(24)22-12-14-23-13-11-21-18(23)17-5-3-4-10-20-17/h3-11,13H,2,12,14H2,1H3,(H,22,24). The summed E-state index contributed by atoms with van der Waals surface area (Å²) in [6.45, 7) is 3.65. The van der Waals surface area contributed by atoms with E-state index in [1.807, 2.05) is 35.9 Å². The van der Waals surface area contributed by atoms with Gasteiger partial charge >= 0.3 is 0 Å². The van der Waals surface area contributed by atoms with Crippen LogP contribution in [0.4, 0.5) is 0 Å². The predicted molar refractivity (Wildman–Crippen MR) is 95.4 cm³/mol. The van der Waals surface area contributed by atoms with Gasteiger partial charge in [0.2, 0.25) is 0 Å². The number of carbonyl (C=O) groups excluding carboxylic acids is 1. The number of imidazole rings is 1. The molecule has 0 radical (unpaired) electrons. The molecule has 0 bridgehead atoms. The summed E-state index contributed by atoms with van der Waals surface area (Å²) >= 11 is 0. The van der Waals surface area contributed by atoms with Crippen LogP contribution in [-0.2, 0) is 6.54 Å². The minimum atomic E-state index is -0.109. The molecule has 0 fully saturated rings. The summed E-state index contributed by atoms with van der Waals surface area (Å²) in [6, 6.07) is 12.8. The molecule has 0 aliphatic carbocycles. The van der Waals surface area contributed by atoms with Crippen LogP contribution < -0.4 is 10.1 Å².